The third kappa shape index (κ3) is 4.39. The van der Waals surface area contributed by atoms with E-state index in [2.05, 4.69) is 0 Å². The molecule has 3 N–H and O–H groups in total. The van der Waals surface area contributed by atoms with Crippen LogP contribution in [0.2, 0.25) is 0 Å². The minimum atomic E-state index is -4.11. The van der Waals surface area contributed by atoms with Crippen molar-refractivity contribution in [2.75, 3.05) is 5.73 Å². The molecule has 14 heavy (non-hydrogen) atoms. The molecule has 1 aromatic carbocycles. The van der Waals surface area contributed by atoms with Gasteiger partial charge in [0, 0.05) is 5.69 Å². The van der Waals surface area contributed by atoms with E-state index in [1.807, 2.05) is 0 Å². The predicted molar refractivity (Wildman–Crippen MR) is 53.2 cm³/mol. The number of hydrogen-bond acceptors (Lipinski definition) is 3. The summed E-state index contributed by atoms with van der Waals surface area (Å²) in [5.41, 5.74) is 5.51. The molecule has 7 heteroatoms. The Bertz CT molecular complexity index is 421. The van der Waals surface area contributed by atoms with Crippen LogP contribution in [0.1, 0.15) is 5.56 Å². The predicted octanol–water partition coefficient (Wildman–Crippen LogP) is 0.147. The topological polar surface area (TPSA) is 80.4 Å². The van der Waals surface area contributed by atoms with Gasteiger partial charge in [0.2, 0.25) is 0 Å². The van der Waals surface area contributed by atoms with Gasteiger partial charge >= 0.3 is 29.6 Å². The van der Waals surface area contributed by atoms with E-state index in [0.29, 0.717) is 0 Å². The molecule has 0 aromatic heterocycles. The standard InChI is InChI=1S/C7H8FNO3S.Na.H/c8-6-2-1-5(7(9)3-6)4-13(10,11)12;;/h1-3H,4,9H2,(H,10,11,12);;. The minimum absolute atomic E-state index is 0. The summed E-state index contributed by atoms with van der Waals surface area (Å²) in [5, 5.41) is 0. The van der Waals surface area contributed by atoms with Gasteiger partial charge in [0.1, 0.15) is 11.6 Å². The molecule has 0 radical (unpaired) electrons. The molecule has 74 valence electrons. The van der Waals surface area contributed by atoms with Crippen molar-refractivity contribution < 1.29 is 17.4 Å². The van der Waals surface area contributed by atoms with E-state index in [1.165, 1.54) is 6.07 Å². The molecule has 1 rings (SSSR count). The van der Waals surface area contributed by atoms with Gasteiger partial charge in [-0.25, -0.2) is 4.39 Å². The summed E-state index contributed by atoms with van der Waals surface area (Å²) >= 11 is 0. The molecular weight excluding hydrogens is 220 g/mol. The number of halogens is 1. The summed E-state index contributed by atoms with van der Waals surface area (Å²) in [6.07, 6.45) is 0. The van der Waals surface area contributed by atoms with Gasteiger partial charge in [-0.05, 0) is 17.7 Å². The van der Waals surface area contributed by atoms with Crippen LogP contribution in [0.3, 0.4) is 0 Å². The second-order valence-electron chi connectivity index (χ2n) is 2.57. The van der Waals surface area contributed by atoms with Crippen LogP contribution >= 0.6 is 0 Å². The number of hydrogen-bond donors (Lipinski definition) is 2. The number of nitrogen functional groups attached to an aromatic ring is 1. The molecule has 0 unspecified atom stereocenters. The fourth-order valence-corrected chi connectivity index (χ4v) is 1.55. The number of anilines is 1. The van der Waals surface area contributed by atoms with Gasteiger partial charge in [-0.15, -0.1) is 0 Å². The van der Waals surface area contributed by atoms with Gasteiger partial charge in [-0.1, -0.05) is 6.07 Å². The Balaban J connectivity index is 0.00000169. The first kappa shape index (κ1) is 13.9. The van der Waals surface area contributed by atoms with Crippen LogP contribution < -0.4 is 5.73 Å². The molecule has 0 saturated heterocycles. The zero-order valence-electron chi connectivity index (χ0n) is 6.57. The van der Waals surface area contributed by atoms with E-state index in [1.54, 1.807) is 0 Å². The van der Waals surface area contributed by atoms with Gasteiger partial charge in [-0.2, -0.15) is 8.42 Å². The Morgan fingerprint density at radius 2 is 2.00 bits per heavy atom. The Morgan fingerprint density at radius 1 is 1.43 bits per heavy atom. The first-order valence-electron chi connectivity index (χ1n) is 3.37. The summed E-state index contributed by atoms with van der Waals surface area (Å²) in [7, 11) is -4.11. The first-order valence-corrected chi connectivity index (χ1v) is 4.98. The van der Waals surface area contributed by atoms with Crippen molar-refractivity contribution in [3.63, 3.8) is 0 Å². The van der Waals surface area contributed by atoms with Crippen molar-refractivity contribution in [3.05, 3.63) is 29.6 Å². The Kier molecular flexibility index (Phi) is 5.03. The van der Waals surface area contributed by atoms with Gasteiger partial charge in [0.05, 0.1) is 0 Å². The van der Waals surface area contributed by atoms with Crippen molar-refractivity contribution in [2.45, 2.75) is 5.75 Å². The molecule has 0 spiro atoms. The van der Waals surface area contributed by atoms with Crippen LogP contribution in [0.4, 0.5) is 10.1 Å². The molecular formula is C7H9FNNaO3S. The summed E-state index contributed by atoms with van der Waals surface area (Å²) < 4.78 is 41.9. The van der Waals surface area contributed by atoms with Crippen LogP contribution in [-0.4, -0.2) is 42.5 Å². The van der Waals surface area contributed by atoms with E-state index in [0.717, 1.165) is 12.1 Å². The molecule has 0 heterocycles. The van der Waals surface area contributed by atoms with E-state index >= 15 is 0 Å². The Hall–Kier alpha value is -0.140. The fourth-order valence-electron chi connectivity index (χ4n) is 0.894. The fraction of sp³-hybridized carbons (Fsp3) is 0.143. The average Bonchev–Trinajstić information content (AvgIpc) is 1.93. The van der Waals surface area contributed by atoms with Gasteiger partial charge in [-0.3, -0.25) is 4.55 Å². The Labute approximate surface area is 103 Å². The van der Waals surface area contributed by atoms with Crippen molar-refractivity contribution >= 4 is 45.4 Å². The quantitative estimate of drug-likeness (QED) is 0.429. The second kappa shape index (κ2) is 5.09. The van der Waals surface area contributed by atoms with Crippen molar-refractivity contribution in [1.29, 1.82) is 0 Å². The molecule has 0 aliphatic rings. The zero-order valence-corrected chi connectivity index (χ0v) is 7.38. The van der Waals surface area contributed by atoms with E-state index < -0.39 is 21.7 Å². The molecule has 0 atom stereocenters. The van der Waals surface area contributed by atoms with Crippen molar-refractivity contribution in [1.82, 2.24) is 0 Å². The summed E-state index contributed by atoms with van der Waals surface area (Å²) in [6.45, 7) is 0. The third-order valence-corrected chi connectivity index (χ3v) is 2.12. The first-order chi connectivity index (χ1) is 5.88. The maximum atomic E-state index is 12.5. The van der Waals surface area contributed by atoms with E-state index in [-0.39, 0.29) is 40.8 Å². The SMILES string of the molecule is Nc1cc(F)ccc1CS(=O)(=O)O.[NaH]. The molecule has 0 fully saturated rings. The number of benzene rings is 1. The monoisotopic (exact) mass is 229 g/mol. The summed E-state index contributed by atoms with van der Waals surface area (Å²) in [5.74, 6) is -1.14. The number of nitrogens with two attached hydrogens (primary N) is 1. The van der Waals surface area contributed by atoms with Crippen LogP contribution in [-0.2, 0) is 15.9 Å². The molecule has 4 nitrogen and oxygen atoms in total. The molecule has 0 aliphatic carbocycles. The maximum absolute atomic E-state index is 12.5. The number of rotatable bonds is 2. The Morgan fingerprint density at radius 3 is 2.43 bits per heavy atom. The van der Waals surface area contributed by atoms with E-state index in [9.17, 15) is 12.8 Å². The second-order valence-corrected chi connectivity index (χ2v) is 4.02. The molecule has 0 aliphatic heterocycles. The van der Waals surface area contributed by atoms with Gasteiger partial charge in [0.25, 0.3) is 10.1 Å². The summed E-state index contributed by atoms with van der Waals surface area (Å²) in [6, 6.07) is 3.30. The van der Waals surface area contributed by atoms with Crippen LogP contribution in [0.15, 0.2) is 18.2 Å². The average molecular weight is 229 g/mol. The van der Waals surface area contributed by atoms with Crippen LogP contribution in [0.5, 0.6) is 0 Å². The van der Waals surface area contributed by atoms with Crippen molar-refractivity contribution in [2.24, 2.45) is 0 Å². The van der Waals surface area contributed by atoms with E-state index in [4.69, 9.17) is 10.3 Å². The zero-order chi connectivity index (χ0) is 10.1. The van der Waals surface area contributed by atoms with Crippen LogP contribution in [0.25, 0.3) is 0 Å². The molecule has 1 aromatic rings. The molecule has 0 bridgehead atoms. The molecule has 0 amide bonds. The summed E-state index contributed by atoms with van der Waals surface area (Å²) in [4.78, 5) is 0. The third-order valence-electron chi connectivity index (χ3n) is 1.45. The van der Waals surface area contributed by atoms with Gasteiger partial charge in [0.15, 0.2) is 0 Å². The van der Waals surface area contributed by atoms with Crippen LogP contribution in [0, 0.1) is 5.82 Å². The van der Waals surface area contributed by atoms with Crippen molar-refractivity contribution in [3.8, 4) is 0 Å². The van der Waals surface area contributed by atoms with Gasteiger partial charge < -0.3 is 5.73 Å². The molecule has 0 saturated carbocycles. The normalized spacial score (nSPS) is 10.7.